The maximum absolute atomic E-state index is 12.9. The van der Waals surface area contributed by atoms with E-state index in [1.807, 2.05) is 48.3 Å². The van der Waals surface area contributed by atoms with E-state index in [1.54, 1.807) is 11.8 Å². The Hall–Kier alpha value is -2.86. The monoisotopic (exact) mass is 395 g/mol. The van der Waals surface area contributed by atoms with Gasteiger partial charge in [-0.1, -0.05) is 60.7 Å². The van der Waals surface area contributed by atoms with Crippen LogP contribution in [-0.4, -0.2) is 73.1 Å². The second-order valence-corrected chi connectivity index (χ2v) is 7.21. The average molecular weight is 396 g/mol. The molecule has 0 aliphatic carbocycles. The number of amides is 2. The molecule has 0 bridgehead atoms. The number of piperazine rings is 1. The van der Waals surface area contributed by atoms with Crippen LogP contribution in [0.15, 0.2) is 60.7 Å². The van der Waals surface area contributed by atoms with Gasteiger partial charge in [0.1, 0.15) is 0 Å². The van der Waals surface area contributed by atoms with E-state index >= 15 is 0 Å². The first kappa shape index (κ1) is 20.9. The van der Waals surface area contributed by atoms with Crippen molar-refractivity contribution in [1.82, 2.24) is 14.7 Å². The Morgan fingerprint density at radius 1 is 0.897 bits per heavy atom. The second kappa shape index (κ2) is 10.1. The van der Waals surface area contributed by atoms with Crippen LogP contribution in [0.1, 0.15) is 24.1 Å². The molecule has 0 aromatic heterocycles. The van der Waals surface area contributed by atoms with E-state index in [0.717, 1.165) is 11.1 Å². The topological polar surface area (TPSA) is 53.1 Å². The predicted molar refractivity (Wildman–Crippen MR) is 113 cm³/mol. The third-order valence-corrected chi connectivity index (χ3v) is 5.21. The molecule has 0 atom stereocenters. The second-order valence-electron chi connectivity index (χ2n) is 7.21. The van der Waals surface area contributed by atoms with Crippen LogP contribution >= 0.6 is 0 Å². The van der Waals surface area contributed by atoms with E-state index in [1.165, 1.54) is 0 Å². The fourth-order valence-electron chi connectivity index (χ4n) is 3.73. The van der Waals surface area contributed by atoms with Gasteiger partial charge >= 0.3 is 6.09 Å². The molecule has 0 saturated carbocycles. The molecule has 154 valence electrons. The van der Waals surface area contributed by atoms with E-state index < -0.39 is 0 Å². The van der Waals surface area contributed by atoms with Gasteiger partial charge in [-0.3, -0.25) is 9.69 Å². The molecule has 0 spiro atoms. The van der Waals surface area contributed by atoms with Crippen molar-refractivity contribution in [3.8, 4) is 0 Å². The number of likely N-dealkylation sites (N-methyl/N-ethyl adjacent to an activating group) is 1. The number of hydrogen-bond donors (Lipinski definition) is 0. The first-order chi connectivity index (χ1) is 14.1. The summed E-state index contributed by atoms with van der Waals surface area (Å²) in [5.41, 5.74) is 2.31. The zero-order valence-corrected chi connectivity index (χ0v) is 17.2. The number of carbonyl (C=O) groups is 2. The molecular weight excluding hydrogens is 366 g/mol. The van der Waals surface area contributed by atoms with Crippen LogP contribution in [-0.2, 0) is 9.53 Å². The fraction of sp³-hybridized carbons (Fsp3) is 0.391. The Bertz CT molecular complexity index is 750. The van der Waals surface area contributed by atoms with Gasteiger partial charge in [0.05, 0.1) is 19.2 Å². The maximum atomic E-state index is 12.9. The lowest BCUT2D eigenvalue weighted by atomic mass is 9.97. The zero-order chi connectivity index (χ0) is 20.6. The molecule has 3 rings (SSSR count). The van der Waals surface area contributed by atoms with E-state index in [4.69, 9.17) is 4.74 Å². The SMILES string of the molecule is CCOC(=O)N1CCN(C(=O)CN(C)C(c2ccccc2)c2ccccc2)CC1. The van der Waals surface area contributed by atoms with Crippen LogP contribution in [0.25, 0.3) is 0 Å². The van der Waals surface area contributed by atoms with Gasteiger partial charge in [-0.05, 0) is 25.1 Å². The van der Waals surface area contributed by atoms with Crippen molar-refractivity contribution in [1.29, 1.82) is 0 Å². The van der Waals surface area contributed by atoms with Gasteiger partial charge in [-0.2, -0.15) is 0 Å². The number of nitrogens with zero attached hydrogens (tertiary/aromatic N) is 3. The minimum Gasteiger partial charge on any atom is -0.450 e. The Morgan fingerprint density at radius 3 is 1.86 bits per heavy atom. The van der Waals surface area contributed by atoms with Gasteiger partial charge in [0.15, 0.2) is 0 Å². The molecule has 6 nitrogen and oxygen atoms in total. The first-order valence-electron chi connectivity index (χ1n) is 10.1. The zero-order valence-electron chi connectivity index (χ0n) is 17.2. The summed E-state index contributed by atoms with van der Waals surface area (Å²) < 4.78 is 5.05. The smallest absolute Gasteiger partial charge is 0.409 e. The van der Waals surface area contributed by atoms with Gasteiger partial charge in [0.25, 0.3) is 0 Å². The lowest BCUT2D eigenvalue weighted by Gasteiger charge is -2.36. The van der Waals surface area contributed by atoms with Crippen molar-refractivity contribution in [2.75, 3.05) is 46.4 Å². The molecule has 2 aromatic carbocycles. The van der Waals surface area contributed by atoms with Crippen molar-refractivity contribution in [2.24, 2.45) is 0 Å². The Kier molecular flexibility index (Phi) is 7.25. The molecule has 0 unspecified atom stereocenters. The molecule has 1 aliphatic rings. The van der Waals surface area contributed by atoms with Crippen LogP contribution in [0, 0.1) is 0 Å². The van der Waals surface area contributed by atoms with Crippen LogP contribution < -0.4 is 0 Å². The molecule has 6 heteroatoms. The fourth-order valence-corrected chi connectivity index (χ4v) is 3.73. The van der Waals surface area contributed by atoms with E-state index in [0.29, 0.717) is 39.3 Å². The molecule has 1 heterocycles. The quantitative estimate of drug-likeness (QED) is 0.755. The summed E-state index contributed by atoms with van der Waals surface area (Å²) in [6, 6.07) is 20.5. The summed E-state index contributed by atoms with van der Waals surface area (Å²) in [5.74, 6) is 0.0767. The Labute approximate surface area is 172 Å². The number of hydrogen-bond acceptors (Lipinski definition) is 4. The average Bonchev–Trinajstić information content (AvgIpc) is 2.75. The minimum absolute atomic E-state index is 0.00201. The van der Waals surface area contributed by atoms with E-state index in [-0.39, 0.29) is 18.0 Å². The molecule has 0 radical (unpaired) electrons. The summed E-state index contributed by atoms with van der Waals surface area (Å²) in [5, 5.41) is 0. The summed E-state index contributed by atoms with van der Waals surface area (Å²) in [6.45, 7) is 4.56. The molecule has 2 aromatic rings. The van der Waals surface area contributed by atoms with Crippen molar-refractivity contribution < 1.29 is 14.3 Å². The van der Waals surface area contributed by atoms with Crippen LogP contribution in [0.2, 0.25) is 0 Å². The third-order valence-electron chi connectivity index (χ3n) is 5.21. The van der Waals surface area contributed by atoms with Crippen LogP contribution in [0.5, 0.6) is 0 Å². The molecule has 2 amide bonds. The molecule has 1 aliphatic heterocycles. The van der Waals surface area contributed by atoms with Gasteiger partial charge in [-0.15, -0.1) is 0 Å². The number of benzene rings is 2. The minimum atomic E-state index is -0.301. The Morgan fingerprint density at radius 2 is 1.38 bits per heavy atom. The highest BCUT2D eigenvalue weighted by molar-refractivity contribution is 5.79. The normalized spacial score (nSPS) is 14.3. The molecule has 1 saturated heterocycles. The van der Waals surface area contributed by atoms with Crippen molar-refractivity contribution in [3.05, 3.63) is 71.8 Å². The number of ether oxygens (including phenoxy) is 1. The van der Waals surface area contributed by atoms with E-state index in [2.05, 4.69) is 29.2 Å². The van der Waals surface area contributed by atoms with E-state index in [9.17, 15) is 9.59 Å². The lowest BCUT2D eigenvalue weighted by Crippen LogP contribution is -2.52. The predicted octanol–water partition coefficient (Wildman–Crippen LogP) is 3.01. The third kappa shape index (κ3) is 5.35. The van der Waals surface area contributed by atoms with Crippen molar-refractivity contribution in [2.45, 2.75) is 13.0 Å². The lowest BCUT2D eigenvalue weighted by molar-refractivity contribution is -0.134. The Balaban J connectivity index is 1.65. The number of rotatable bonds is 6. The first-order valence-corrected chi connectivity index (χ1v) is 10.1. The largest absolute Gasteiger partial charge is 0.450 e. The highest BCUT2D eigenvalue weighted by Crippen LogP contribution is 2.27. The summed E-state index contributed by atoms with van der Waals surface area (Å²) >= 11 is 0. The summed E-state index contributed by atoms with van der Waals surface area (Å²) in [4.78, 5) is 30.4. The van der Waals surface area contributed by atoms with Gasteiger partial charge < -0.3 is 14.5 Å². The van der Waals surface area contributed by atoms with Gasteiger partial charge in [0.2, 0.25) is 5.91 Å². The molecule has 1 fully saturated rings. The number of carbonyl (C=O) groups excluding carboxylic acids is 2. The molecule has 0 N–H and O–H groups in total. The van der Waals surface area contributed by atoms with Gasteiger partial charge in [-0.25, -0.2) is 4.79 Å². The van der Waals surface area contributed by atoms with Crippen molar-refractivity contribution in [3.63, 3.8) is 0 Å². The van der Waals surface area contributed by atoms with Gasteiger partial charge in [0, 0.05) is 26.2 Å². The highest BCUT2D eigenvalue weighted by atomic mass is 16.6. The van der Waals surface area contributed by atoms with Crippen LogP contribution in [0.3, 0.4) is 0 Å². The standard InChI is InChI=1S/C23H29N3O3/c1-3-29-23(28)26-16-14-25(15-17-26)21(27)18-24(2)22(19-10-6-4-7-11-19)20-12-8-5-9-13-20/h4-13,22H,3,14-18H2,1-2H3. The highest BCUT2D eigenvalue weighted by Gasteiger charge is 2.27. The maximum Gasteiger partial charge on any atom is 0.409 e. The van der Waals surface area contributed by atoms with Crippen molar-refractivity contribution >= 4 is 12.0 Å². The summed E-state index contributed by atoms with van der Waals surface area (Å²) in [7, 11) is 1.98. The summed E-state index contributed by atoms with van der Waals surface area (Å²) in [6.07, 6.45) is -0.301. The van der Waals surface area contributed by atoms with Crippen LogP contribution in [0.4, 0.5) is 4.79 Å². The molecular formula is C23H29N3O3. The molecule has 29 heavy (non-hydrogen) atoms.